The molecule has 1 aromatic carbocycles. The molecular formula is C15H14N4O4. The maximum atomic E-state index is 12.0. The van der Waals surface area contributed by atoms with Gasteiger partial charge in [0.05, 0.1) is 6.20 Å². The predicted molar refractivity (Wildman–Crippen MR) is 79.3 cm³/mol. The van der Waals surface area contributed by atoms with E-state index in [9.17, 15) is 9.59 Å². The van der Waals surface area contributed by atoms with Crippen molar-refractivity contribution in [2.24, 2.45) is 0 Å². The molecule has 1 aliphatic heterocycles. The van der Waals surface area contributed by atoms with Crippen LogP contribution in [0.4, 0.5) is 0 Å². The first-order valence-corrected chi connectivity index (χ1v) is 6.96. The number of rotatable bonds is 5. The largest absolute Gasteiger partial charge is 0.454 e. The molecule has 0 bridgehead atoms. The fourth-order valence-electron chi connectivity index (χ4n) is 2.00. The molecule has 118 valence electrons. The van der Waals surface area contributed by atoms with Gasteiger partial charge in [-0.1, -0.05) is 0 Å². The zero-order valence-electron chi connectivity index (χ0n) is 12.1. The Labute approximate surface area is 131 Å². The van der Waals surface area contributed by atoms with Crippen LogP contribution in [0, 0.1) is 0 Å². The highest BCUT2D eigenvalue weighted by Gasteiger charge is 2.16. The van der Waals surface area contributed by atoms with Crippen LogP contribution in [0.25, 0.3) is 0 Å². The van der Waals surface area contributed by atoms with E-state index in [4.69, 9.17) is 9.47 Å². The average molecular weight is 314 g/mol. The Balaban J connectivity index is 1.45. The number of ether oxygens (including phenoxy) is 2. The second-order valence-electron chi connectivity index (χ2n) is 4.67. The lowest BCUT2D eigenvalue weighted by molar-refractivity contribution is 0.0924. The molecule has 0 unspecified atom stereocenters. The van der Waals surface area contributed by atoms with Gasteiger partial charge in [-0.25, -0.2) is 4.98 Å². The van der Waals surface area contributed by atoms with Crippen LogP contribution in [0.15, 0.2) is 36.8 Å². The molecule has 2 aromatic rings. The summed E-state index contributed by atoms with van der Waals surface area (Å²) in [5, 5.41) is 5.36. The van der Waals surface area contributed by atoms with Gasteiger partial charge in [0.15, 0.2) is 11.5 Å². The van der Waals surface area contributed by atoms with Crippen LogP contribution in [-0.4, -0.2) is 41.7 Å². The molecule has 23 heavy (non-hydrogen) atoms. The maximum Gasteiger partial charge on any atom is 0.271 e. The number of aromatic nitrogens is 2. The summed E-state index contributed by atoms with van der Waals surface area (Å²) in [7, 11) is 0. The van der Waals surface area contributed by atoms with Crippen molar-refractivity contribution in [3.8, 4) is 11.5 Å². The topological polar surface area (TPSA) is 102 Å². The third kappa shape index (κ3) is 3.54. The first-order valence-electron chi connectivity index (χ1n) is 6.96. The fraction of sp³-hybridized carbons (Fsp3) is 0.200. The summed E-state index contributed by atoms with van der Waals surface area (Å²) in [5.41, 5.74) is 0.698. The normalized spacial score (nSPS) is 11.8. The van der Waals surface area contributed by atoms with Crippen LogP contribution < -0.4 is 20.1 Å². The molecule has 1 aromatic heterocycles. The number of amides is 2. The fourth-order valence-corrected chi connectivity index (χ4v) is 2.00. The van der Waals surface area contributed by atoms with E-state index in [1.54, 1.807) is 18.2 Å². The summed E-state index contributed by atoms with van der Waals surface area (Å²) in [6.07, 6.45) is 4.30. The zero-order chi connectivity index (χ0) is 16.1. The van der Waals surface area contributed by atoms with Crippen molar-refractivity contribution in [2.45, 2.75) is 0 Å². The second kappa shape index (κ2) is 6.73. The van der Waals surface area contributed by atoms with Crippen LogP contribution in [0.1, 0.15) is 20.8 Å². The van der Waals surface area contributed by atoms with E-state index in [0.717, 1.165) is 0 Å². The van der Waals surface area contributed by atoms with Gasteiger partial charge in [0.1, 0.15) is 5.69 Å². The van der Waals surface area contributed by atoms with E-state index in [-0.39, 0.29) is 30.8 Å². The Morgan fingerprint density at radius 2 is 1.83 bits per heavy atom. The molecule has 1 aliphatic rings. The molecule has 0 saturated heterocycles. The smallest absolute Gasteiger partial charge is 0.271 e. The maximum absolute atomic E-state index is 12.0. The number of carbonyl (C=O) groups excluding carboxylic acids is 2. The Morgan fingerprint density at radius 3 is 2.61 bits per heavy atom. The lowest BCUT2D eigenvalue weighted by Gasteiger charge is -2.07. The van der Waals surface area contributed by atoms with Crippen LogP contribution in [0.3, 0.4) is 0 Å². The van der Waals surface area contributed by atoms with Gasteiger partial charge in [0, 0.05) is 31.0 Å². The first kappa shape index (κ1) is 14.8. The number of fused-ring (bicyclic) bond motifs is 1. The van der Waals surface area contributed by atoms with E-state index in [1.807, 2.05) is 0 Å². The van der Waals surface area contributed by atoms with Crippen LogP contribution in [0.2, 0.25) is 0 Å². The standard InChI is InChI=1S/C15H14N4O4/c20-14(10-1-2-12-13(7-10)23-9-22-12)18-5-6-19-15(21)11-8-16-3-4-17-11/h1-4,7-8H,5-6,9H2,(H,18,20)(H,19,21). The third-order valence-electron chi connectivity index (χ3n) is 3.13. The second-order valence-corrected chi connectivity index (χ2v) is 4.67. The minimum atomic E-state index is -0.338. The van der Waals surface area contributed by atoms with Crippen molar-refractivity contribution in [2.75, 3.05) is 19.9 Å². The van der Waals surface area contributed by atoms with E-state index < -0.39 is 0 Å². The van der Waals surface area contributed by atoms with Crippen molar-refractivity contribution >= 4 is 11.8 Å². The Hall–Kier alpha value is -3.16. The van der Waals surface area contributed by atoms with E-state index >= 15 is 0 Å². The van der Waals surface area contributed by atoms with E-state index in [0.29, 0.717) is 23.6 Å². The number of benzene rings is 1. The van der Waals surface area contributed by atoms with Gasteiger partial charge >= 0.3 is 0 Å². The van der Waals surface area contributed by atoms with Gasteiger partial charge < -0.3 is 20.1 Å². The van der Waals surface area contributed by atoms with Gasteiger partial charge in [-0.15, -0.1) is 0 Å². The number of hydrogen-bond donors (Lipinski definition) is 2. The minimum absolute atomic E-state index is 0.162. The van der Waals surface area contributed by atoms with Crippen LogP contribution in [-0.2, 0) is 0 Å². The lowest BCUT2D eigenvalue weighted by Crippen LogP contribution is -2.35. The molecular weight excluding hydrogens is 300 g/mol. The molecule has 8 nitrogen and oxygen atoms in total. The first-order chi connectivity index (χ1) is 11.2. The Bertz CT molecular complexity index is 721. The highest BCUT2D eigenvalue weighted by molar-refractivity contribution is 5.95. The molecule has 2 amide bonds. The van der Waals surface area contributed by atoms with Crippen molar-refractivity contribution in [1.82, 2.24) is 20.6 Å². The molecule has 8 heteroatoms. The summed E-state index contributed by atoms with van der Waals surface area (Å²) in [6, 6.07) is 4.96. The Morgan fingerprint density at radius 1 is 1.04 bits per heavy atom. The molecule has 2 heterocycles. The van der Waals surface area contributed by atoms with Crippen LogP contribution >= 0.6 is 0 Å². The highest BCUT2D eigenvalue weighted by atomic mass is 16.7. The molecule has 0 aliphatic carbocycles. The van der Waals surface area contributed by atoms with Gasteiger partial charge in [-0.2, -0.15) is 0 Å². The van der Waals surface area contributed by atoms with Crippen LogP contribution in [0.5, 0.6) is 11.5 Å². The van der Waals surface area contributed by atoms with Gasteiger partial charge in [0.2, 0.25) is 6.79 Å². The minimum Gasteiger partial charge on any atom is -0.454 e. The van der Waals surface area contributed by atoms with Gasteiger partial charge in [0.25, 0.3) is 11.8 Å². The molecule has 0 spiro atoms. The quantitative estimate of drug-likeness (QED) is 0.773. The Kier molecular flexibility index (Phi) is 4.32. The number of hydrogen-bond acceptors (Lipinski definition) is 6. The molecule has 0 radical (unpaired) electrons. The molecule has 0 saturated carbocycles. The molecule has 2 N–H and O–H groups in total. The monoisotopic (exact) mass is 314 g/mol. The predicted octanol–water partition coefficient (Wildman–Crippen LogP) is 0.365. The van der Waals surface area contributed by atoms with E-state index in [1.165, 1.54) is 18.6 Å². The molecule has 3 rings (SSSR count). The van der Waals surface area contributed by atoms with Crippen molar-refractivity contribution < 1.29 is 19.1 Å². The average Bonchev–Trinajstić information content (AvgIpc) is 3.06. The summed E-state index contributed by atoms with van der Waals surface area (Å²) in [6.45, 7) is 0.736. The number of nitrogens with zero attached hydrogens (tertiary/aromatic N) is 2. The molecule has 0 fully saturated rings. The molecule has 0 atom stereocenters. The summed E-state index contributed by atoms with van der Waals surface area (Å²) in [4.78, 5) is 31.4. The van der Waals surface area contributed by atoms with E-state index in [2.05, 4.69) is 20.6 Å². The van der Waals surface area contributed by atoms with Gasteiger partial charge in [-0.3, -0.25) is 14.6 Å². The summed E-state index contributed by atoms with van der Waals surface area (Å²) in [5.74, 6) is 0.582. The summed E-state index contributed by atoms with van der Waals surface area (Å²) < 4.78 is 10.4. The zero-order valence-corrected chi connectivity index (χ0v) is 12.1. The van der Waals surface area contributed by atoms with Crippen molar-refractivity contribution in [3.05, 3.63) is 48.0 Å². The van der Waals surface area contributed by atoms with Crippen molar-refractivity contribution in [1.29, 1.82) is 0 Å². The lowest BCUT2D eigenvalue weighted by atomic mass is 10.2. The highest BCUT2D eigenvalue weighted by Crippen LogP contribution is 2.32. The third-order valence-corrected chi connectivity index (χ3v) is 3.13. The summed E-state index contributed by atoms with van der Waals surface area (Å²) >= 11 is 0. The number of carbonyl (C=O) groups is 2. The van der Waals surface area contributed by atoms with Gasteiger partial charge in [-0.05, 0) is 18.2 Å². The number of nitrogens with one attached hydrogen (secondary N) is 2. The SMILES string of the molecule is O=C(NCCNC(=O)c1cnccn1)c1ccc2c(c1)OCO2. The van der Waals surface area contributed by atoms with Crippen molar-refractivity contribution in [3.63, 3.8) is 0 Å².